The van der Waals surface area contributed by atoms with Crippen LogP contribution in [0.5, 0.6) is 0 Å². The van der Waals surface area contributed by atoms with Gasteiger partial charge >= 0.3 is 0 Å². The molecule has 2 aromatic carbocycles. The minimum absolute atomic E-state index is 0.0199. The molecule has 3 aromatic rings. The van der Waals surface area contributed by atoms with Gasteiger partial charge in [-0.3, -0.25) is 10.1 Å². The number of fused-ring (bicyclic) bond motifs is 1. The van der Waals surface area contributed by atoms with Crippen LogP contribution in [0, 0.1) is 10.1 Å². The number of furan rings is 1. The summed E-state index contributed by atoms with van der Waals surface area (Å²) < 4.78 is 5.70. The second kappa shape index (κ2) is 4.79. The highest BCUT2D eigenvalue weighted by molar-refractivity contribution is 5.83. The summed E-state index contributed by atoms with van der Waals surface area (Å²) in [5.74, 6) is 0.644. The van der Waals surface area contributed by atoms with Crippen LogP contribution < -0.4 is 0 Å². The van der Waals surface area contributed by atoms with Gasteiger partial charge in [0.1, 0.15) is 11.3 Å². The zero-order chi connectivity index (χ0) is 14.1. The maximum atomic E-state index is 10.6. The van der Waals surface area contributed by atoms with Crippen molar-refractivity contribution in [3.8, 4) is 11.3 Å². The molecule has 0 bridgehead atoms. The molecule has 3 rings (SSSR count). The molecule has 0 atom stereocenters. The van der Waals surface area contributed by atoms with Crippen LogP contribution in [0.15, 0.2) is 52.9 Å². The third kappa shape index (κ3) is 2.15. The molecule has 1 heterocycles. The molecule has 1 N–H and O–H groups in total. The maximum Gasteiger partial charge on any atom is 0.269 e. The molecule has 5 nitrogen and oxygen atoms in total. The fourth-order valence-electron chi connectivity index (χ4n) is 2.08. The van der Waals surface area contributed by atoms with Crippen molar-refractivity contribution in [3.05, 3.63) is 64.2 Å². The molecule has 20 heavy (non-hydrogen) atoms. The van der Waals surface area contributed by atoms with Gasteiger partial charge < -0.3 is 9.52 Å². The molecule has 100 valence electrons. The molecule has 0 aliphatic heterocycles. The maximum absolute atomic E-state index is 10.6. The molecular weight excluding hydrogens is 258 g/mol. The number of nitro benzene ring substituents is 1. The van der Waals surface area contributed by atoms with Gasteiger partial charge in [0, 0.05) is 23.1 Å². The summed E-state index contributed by atoms with van der Waals surface area (Å²) in [7, 11) is 0. The van der Waals surface area contributed by atoms with Crippen molar-refractivity contribution in [3.63, 3.8) is 0 Å². The third-order valence-electron chi connectivity index (χ3n) is 3.13. The lowest BCUT2D eigenvalue weighted by Gasteiger charge is -1.95. The summed E-state index contributed by atoms with van der Waals surface area (Å²) >= 11 is 0. The number of aliphatic hydroxyl groups is 1. The molecule has 0 amide bonds. The summed E-state index contributed by atoms with van der Waals surface area (Å²) in [6, 6.07) is 13.5. The second-order valence-electron chi connectivity index (χ2n) is 4.44. The SMILES string of the molecule is O=[N+]([O-])c1ccc(-c2cc3cc(CO)ccc3o2)cc1. The van der Waals surface area contributed by atoms with Gasteiger partial charge in [-0.25, -0.2) is 0 Å². The van der Waals surface area contributed by atoms with Crippen LogP contribution in [-0.2, 0) is 6.61 Å². The number of rotatable bonds is 3. The Balaban J connectivity index is 2.03. The molecular formula is C15H11NO4. The van der Waals surface area contributed by atoms with Crippen LogP contribution in [0.4, 0.5) is 5.69 Å². The van der Waals surface area contributed by atoms with Crippen LogP contribution in [0.25, 0.3) is 22.3 Å². The van der Waals surface area contributed by atoms with E-state index in [9.17, 15) is 10.1 Å². The number of hydrogen-bond donors (Lipinski definition) is 1. The lowest BCUT2D eigenvalue weighted by atomic mass is 10.1. The second-order valence-corrected chi connectivity index (χ2v) is 4.44. The fraction of sp³-hybridized carbons (Fsp3) is 0.0667. The minimum atomic E-state index is -0.435. The smallest absolute Gasteiger partial charge is 0.269 e. The number of hydrogen-bond acceptors (Lipinski definition) is 4. The first-order valence-corrected chi connectivity index (χ1v) is 6.05. The van der Waals surface area contributed by atoms with Gasteiger partial charge in [0.25, 0.3) is 5.69 Å². The summed E-state index contributed by atoms with van der Waals surface area (Å²) in [6.07, 6.45) is 0. The molecule has 1 aromatic heterocycles. The monoisotopic (exact) mass is 269 g/mol. The predicted octanol–water partition coefficient (Wildman–Crippen LogP) is 3.50. The molecule has 0 radical (unpaired) electrons. The van der Waals surface area contributed by atoms with Gasteiger partial charge in [-0.15, -0.1) is 0 Å². The Morgan fingerprint density at radius 3 is 2.50 bits per heavy atom. The van der Waals surface area contributed by atoms with E-state index in [2.05, 4.69) is 0 Å². The summed E-state index contributed by atoms with van der Waals surface area (Å²) in [4.78, 5) is 10.2. The van der Waals surface area contributed by atoms with Crippen molar-refractivity contribution in [2.45, 2.75) is 6.61 Å². The van der Waals surface area contributed by atoms with Crippen LogP contribution in [0.2, 0.25) is 0 Å². The van der Waals surface area contributed by atoms with E-state index in [0.29, 0.717) is 5.76 Å². The van der Waals surface area contributed by atoms with Crippen molar-refractivity contribution in [2.75, 3.05) is 0 Å². The minimum Gasteiger partial charge on any atom is -0.456 e. The van der Waals surface area contributed by atoms with Gasteiger partial charge in [-0.2, -0.15) is 0 Å². The number of benzene rings is 2. The van der Waals surface area contributed by atoms with Gasteiger partial charge in [0.05, 0.1) is 11.5 Å². The Hall–Kier alpha value is -2.66. The first kappa shape index (κ1) is 12.4. The number of non-ortho nitro benzene ring substituents is 1. The topological polar surface area (TPSA) is 76.5 Å². The van der Waals surface area contributed by atoms with Crippen molar-refractivity contribution in [2.24, 2.45) is 0 Å². The Morgan fingerprint density at radius 1 is 1.10 bits per heavy atom. The zero-order valence-electron chi connectivity index (χ0n) is 10.4. The van der Waals surface area contributed by atoms with Crippen LogP contribution in [-0.4, -0.2) is 10.0 Å². The van der Waals surface area contributed by atoms with E-state index < -0.39 is 4.92 Å². The molecule has 0 fully saturated rings. The van der Waals surface area contributed by atoms with E-state index in [0.717, 1.165) is 22.1 Å². The molecule has 0 unspecified atom stereocenters. The highest BCUT2D eigenvalue weighted by Gasteiger charge is 2.09. The normalized spacial score (nSPS) is 10.8. The average molecular weight is 269 g/mol. The van der Waals surface area contributed by atoms with Crippen molar-refractivity contribution >= 4 is 16.7 Å². The van der Waals surface area contributed by atoms with E-state index in [1.54, 1.807) is 24.3 Å². The molecule has 0 aliphatic rings. The number of nitrogens with zero attached hydrogens (tertiary/aromatic N) is 1. The Labute approximate surface area is 114 Å². The highest BCUT2D eigenvalue weighted by atomic mass is 16.6. The standard InChI is InChI=1S/C15H11NO4/c17-9-10-1-6-14-12(7-10)8-15(20-14)11-2-4-13(5-3-11)16(18)19/h1-8,17H,9H2. The van der Waals surface area contributed by atoms with Gasteiger partial charge in [-0.05, 0) is 35.9 Å². The quantitative estimate of drug-likeness (QED) is 0.583. The van der Waals surface area contributed by atoms with Crippen molar-refractivity contribution in [1.29, 1.82) is 0 Å². The molecule has 0 aliphatic carbocycles. The van der Waals surface area contributed by atoms with Crippen molar-refractivity contribution < 1.29 is 14.4 Å². The third-order valence-corrected chi connectivity index (χ3v) is 3.13. The highest BCUT2D eigenvalue weighted by Crippen LogP contribution is 2.29. The average Bonchev–Trinajstić information content (AvgIpc) is 2.90. The summed E-state index contributed by atoms with van der Waals surface area (Å²) in [5, 5.41) is 20.6. The Bertz CT molecular complexity index is 774. The number of aliphatic hydroxyl groups excluding tert-OH is 1. The van der Waals surface area contributed by atoms with Gasteiger partial charge in [-0.1, -0.05) is 6.07 Å². The Kier molecular flexibility index (Phi) is 2.96. The van der Waals surface area contributed by atoms with Gasteiger partial charge in [0.2, 0.25) is 0 Å². The lowest BCUT2D eigenvalue weighted by Crippen LogP contribution is -1.86. The lowest BCUT2D eigenvalue weighted by molar-refractivity contribution is -0.384. The van der Waals surface area contributed by atoms with Gasteiger partial charge in [0.15, 0.2) is 0 Å². The summed E-state index contributed by atoms with van der Waals surface area (Å²) in [5.41, 5.74) is 2.36. The summed E-state index contributed by atoms with van der Waals surface area (Å²) in [6.45, 7) is -0.0199. The van der Waals surface area contributed by atoms with Crippen molar-refractivity contribution in [1.82, 2.24) is 0 Å². The van der Waals surface area contributed by atoms with E-state index in [-0.39, 0.29) is 12.3 Å². The van der Waals surface area contributed by atoms with E-state index in [4.69, 9.17) is 9.52 Å². The first-order chi connectivity index (χ1) is 9.67. The fourth-order valence-corrected chi connectivity index (χ4v) is 2.08. The van der Waals surface area contributed by atoms with E-state index in [1.807, 2.05) is 12.1 Å². The van der Waals surface area contributed by atoms with Crippen LogP contribution in [0.3, 0.4) is 0 Å². The van der Waals surface area contributed by atoms with E-state index in [1.165, 1.54) is 12.1 Å². The Morgan fingerprint density at radius 2 is 1.85 bits per heavy atom. The zero-order valence-corrected chi connectivity index (χ0v) is 10.4. The van der Waals surface area contributed by atoms with Crippen LogP contribution >= 0.6 is 0 Å². The number of nitro groups is 1. The van der Waals surface area contributed by atoms with Crippen LogP contribution in [0.1, 0.15) is 5.56 Å². The molecule has 0 saturated heterocycles. The first-order valence-electron chi connectivity index (χ1n) is 6.05. The molecule has 0 spiro atoms. The van der Waals surface area contributed by atoms with E-state index >= 15 is 0 Å². The largest absolute Gasteiger partial charge is 0.456 e. The predicted molar refractivity (Wildman–Crippen MR) is 74.2 cm³/mol. The molecule has 5 heteroatoms. The molecule has 0 saturated carbocycles.